The molecule has 2 N–H and O–H groups in total. The molecule has 0 bridgehead atoms. The zero-order chi connectivity index (χ0) is 23.0. The molecule has 1 aliphatic rings. The molecular formula is C23H26Cl2N4O2S. The van der Waals surface area contributed by atoms with Gasteiger partial charge in [0.1, 0.15) is 4.90 Å². The van der Waals surface area contributed by atoms with Gasteiger partial charge in [0.25, 0.3) is 10.0 Å². The summed E-state index contributed by atoms with van der Waals surface area (Å²) in [7, 11) is -2.25. The number of nitrogens with one attached hydrogen (secondary N) is 2. The average molecular weight is 493 g/mol. The van der Waals surface area contributed by atoms with E-state index in [1.54, 1.807) is 37.7 Å². The summed E-state index contributed by atoms with van der Waals surface area (Å²) in [4.78, 5) is -0.137. The van der Waals surface area contributed by atoms with Crippen LogP contribution in [0.1, 0.15) is 35.7 Å². The lowest BCUT2D eigenvalue weighted by atomic mass is 9.88. The van der Waals surface area contributed by atoms with Crippen LogP contribution in [0.2, 0.25) is 10.0 Å². The van der Waals surface area contributed by atoms with Gasteiger partial charge in [-0.15, -0.1) is 0 Å². The molecule has 0 saturated carbocycles. The topological polar surface area (TPSA) is 76.0 Å². The number of aromatic nitrogens is 2. The van der Waals surface area contributed by atoms with Crippen LogP contribution < -0.4 is 10.0 Å². The van der Waals surface area contributed by atoms with Crippen molar-refractivity contribution in [2.75, 3.05) is 17.8 Å². The molecule has 1 saturated heterocycles. The smallest absolute Gasteiger partial charge is 0.264 e. The highest BCUT2D eigenvalue weighted by Gasteiger charge is 2.26. The number of sulfonamides is 1. The van der Waals surface area contributed by atoms with Gasteiger partial charge < -0.3 is 5.32 Å². The first-order chi connectivity index (χ1) is 15.2. The number of aryl methyl sites for hydroxylation is 2. The first-order valence-corrected chi connectivity index (χ1v) is 12.7. The predicted octanol–water partition coefficient (Wildman–Crippen LogP) is 5.28. The summed E-state index contributed by atoms with van der Waals surface area (Å²) in [5.74, 6) is 0.511. The molecule has 1 fully saturated rings. The van der Waals surface area contributed by atoms with E-state index in [0.717, 1.165) is 37.1 Å². The van der Waals surface area contributed by atoms with Crippen LogP contribution in [0.4, 0.5) is 5.69 Å². The first-order valence-electron chi connectivity index (χ1n) is 10.5. The maximum Gasteiger partial charge on any atom is 0.264 e. The third-order valence-corrected chi connectivity index (χ3v) is 8.31. The molecule has 0 atom stereocenters. The van der Waals surface area contributed by atoms with E-state index in [-0.39, 0.29) is 14.9 Å². The fraction of sp³-hybridized carbons (Fsp3) is 0.348. The summed E-state index contributed by atoms with van der Waals surface area (Å²) >= 11 is 13.0. The number of hydrogen-bond donors (Lipinski definition) is 2. The minimum atomic E-state index is -4.00. The summed E-state index contributed by atoms with van der Waals surface area (Å²) in [6.45, 7) is 5.57. The summed E-state index contributed by atoms with van der Waals surface area (Å²) in [6.07, 6.45) is 2.20. The molecule has 32 heavy (non-hydrogen) atoms. The SMILES string of the molecule is Cc1nn(C)c(C)c1NS(=O)(=O)c1c(Cl)cc(-c2cccc(C3CCNCC3)c2)cc1Cl. The number of anilines is 1. The van der Waals surface area contributed by atoms with Gasteiger partial charge in [0.15, 0.2) is 0 Å². The Balaban J connectivity index is 1.68. The van der Waals surface area contributed by atoms with Crippen LogP contribution in [0, 0.1) is 13.8 Å². The van der Waals surface area contributed by atoms with E-state index in [4.69, 9.17) is 23.2 Å². The van der Waals surface area contributed by atoms with Crippen LogP contribution in [0.25, 0.3) is 11.1 Å². The normalized spacial score (nSPS) is 15.2. The van der Waals surface area contributed by atoms with E-state index in [1.165, 1.54) is 5.56 Å². The Morgan fingerprint density at radius 1 is 1.06 bits per heavy atom. The molecule has 0 amide bonds. The molecule has 0 spiro atoms. The maximum atomic E-state index is 13.1. The Bertz CT molecular complexity index is 1240. The van der Waals surface area contributed by atoms with Crippen LogP contribution in [-0.2, 0) is 17.1 Å². The van der Waals surface area contributed by atoms with Crippen molar-refractivity contribution < 1.29 is 8.42 Å². The second-order valence-corrected chi connectivity index (χ2v) is 10.6. The van der Waals surface area contributed by atoms with Gasteiger partial charge in [-0.25, -0.2) is 8.42 Å². The molecule has 1 aliphatic heterocycles. The van der Waals surface area contributed by atoms with Crippen molar-refractivity contribution in [1.29, 1.82) is 0 Å². The lowest BCUT2D eigenvalue weighted by Crippen LogP contribution is -2.26. The van der Waals surface area contributed by atoms with E-state index in [2.05, 4.69) is 27.3 Å². The van der Waals surface area contributed by atoms with Crippen LogP contribution >= 0.6 is 23.2 Å². The van der Waals surface area contributed by atoms with Crippen molar-refractivity contribution in [2.45, 2.75) is 37.5 Å². The fourth-order valence-electron chi connectivity index (χ4n) is 4.22. The number of nitrogens with zero attached hydrogens (tertiary/aromatic N) is 2. The summed E-state index contributed by atoms with van der Waals surface area (Å²) < 4.78 is 30.5. The number of halogens is 2. The molecular weight excluding hydrogens is 467 g/mol. The Labute approximate surface area is 199 Å². The fourth-order valence-corrected chi connectivity index (χ4v) is 6.61. The quantitative estimate of drug-likeness (QED) is 0.507. The van der Waals surface area contributed by atoms with Gasteiger partial charge in [-0.1, -0.05) is 47.5 Å². The Kier molecular flexibility index (Phi) is 6.54. The number of piperidine rings is 1. The third kappa shape index (κ3) is 4.53. The predicted molar refractivity (Wildman–Crippen MR) is 130 cm³/mol. The van der Waals surface area contributed by atoms with E-state index < -0.39 is 10.0 Å². The Morgan fingerprint density at radius 2 is 1.72 bits per heavy atom. The molecule has 4 rings (SSSR count). The van der Waals surface area contributed by atoms with Gasteiger partial charge >= 0.3 is 0 Å². The molecule has 170 valence electrons. The molecule has 1 aromatic heterocycles. The van der Waals surface area contributed by atoms with Crippen molar-refractivity contribution in [3.63, 3.8) is 0 Å². The summed E-state index contributed by atoms with van der Waals surface area (Å²) in [6, 6.07) is 11.6. The molecule has 2 heterocycles. The van der Waals surface area contributed by atoms with Gasteiger partial charge in [0.05, 0.1) is 27.1 Å². The highest BCUT2D eigenvalue weighted by atomic mass is 35.5. The van der Waals surface area contributed by atoms with E-state index in [0.29, 0.717) is 23.0 Å². The molecule has 0 radical (unpaired) electrons. The van der Waals surface area contributed by atoms with Crippen molar-refractivity contribution in [1.82, 2.24) is 15.1 Å². The van der Waals surface area contributed by atoms with Crippen LogP contribution in [0.5, 0.6) is 0 Å². The third-order valence-electron chi connectivity index (χ3n) is 6.04. The van der Waals surface area contributed by atoms with Gasteiger partial charge in [0, 0.05) is 7.05 Å². The van der Waals surface area contributed by atoms with E-state index in [1.807, 2.05) is 12.1 Å². The largest absolute Gasteiger partial charge is 0.317 e. The summed E-state index contributed by atoms with van der Waals surface area (Å²) in [5, 5.41) is 7.79. The maximum absolute atomic E-state index is 13.1. The van der Waals surface area contributed by atoms with Gasteiger partial charge in [-0.05, 0) is 74.5 Å². The Morgan fingerprint density at radius 3 is 2.31 bits per heavy atom. The molecule has 6 nitrogen and oxygen atoms in total. The van der Waals surface area contributed by atoms with E-state index >= 15 is 0 Å². The number of hydrogen-bond acceptors (Lipinski definition) is 4. The van der Waals surface area contributed by atoms with Crippen LogP contribution in [0.15, 0.2) is 41.3 Å². The monoisotopic (exact) mass is 492 g/mol. The molecule has 9 heteroatoms. The lowest BCUT2D eigenvalue weighted by molar-refractivity contribution is 0.460. The first kappa shape index (κ1) is 23.1. The number of benzene rings is 2. The minimum absolute atomic E-state index is 0.0754. The van der Waals surface area contributed by atoms with Crippen molar-refractivity contribution in [2.24, 2.45) is 7.05 Å². The molecule has 2 aromatic carbocycles. The van der Waals surface area contributed by atoms with Crippen LogP contribution in [-0.4, -0.2) is 31.3 Å². The Hall–Kier alpha value is -2.06. The van der Waals surface area contributed by atoms with Crippen molar-refractivity contribution >= 4 is 38.9 Å². The lowest BCUT2D eigenvalue weighted by Gasteiger charge is -2.23. The molecule has 0 unspecified atom stereocenters. The molecule has 3 aromatic rings. The van der Waals surface area contributed by atoms with Crippen molar-refractivity contribution in [3.8, 4) is 11.1 Å². The van der Waals surface area contributed by atoms with E-state index in [9.17, 15) is 8.42 Å². The van der Waals surface area contributed by atoms with Gasteiger partial charge in [-0.2, -0.15) is 5.10 Å². The van der Waals surface area contributed by atoms with Crippen molar-refractivity contribution in [3.05, 3.63) is 63.4 Å². The standard InChI is InChI=1S/C23H26Cl2N4O2S/c1-14-22(15(2)29(3)27-14)28-32(30,31)23-20(24)12-19(13-21(23)25)18-6-4-5-17(11-18)16-7-9-26-10-8-16/h4-6,11-13,16,26,28H,7-10H2,1-3H3. The van der Waals surface area contributed by atoms with Gasteiger partial charge in [-0.3, -0.25) is 9.40 Å². The van der Waals surface area contributed by atoms with Crippen LogP contribution in [0.3, 0.4) is 0 Å². The highest BCUT2D eigenvalue weighted by molar-refractivity contribution is 7.93. The zero-order valence-corrected chi connectivity index (χ0v) is 20.6. The summed E-state index contributed by atoms with van der Waals surface area (Å²) in [5.41, 5.74) is 4.72. The average Bonchev–Trinajstić information content (AvgIpc) is 2.99. The zero-order valence-electron chi connectivity index (χ0n) is 18.2. The second-order valence-electron chi connectivity index (χ2n) is 8.19. The van der Waals surface area contributed by atoms with Gasteiger partial charge in [0.2, 0.25) is 0 Å². The minimum Gasteiger partial charge on any atom is -0.317 e. The molecule has 0 aliphatic carbocycles. The second kappa shape index (κ2) is 9.06. The highest BCUT2D eigenvalue weighted by Crippen LogP contribution is 2.37. The number of rotatable bonds is 5.